The maximum absolute atomic E-state index is 14.2. The minimum Gasteiger partial charge on any atom is -0.508 e. The Labute approximate surface area is 229 Å². The van der Waals surface area contributed by atoms with Gasteiger partial charge in [0, 0.05) is 12.1 Å². The van der Waals surface area contributed by atoms with Gasteiger partial charge in [0.15, 0.2) is 0 Å². The highest BCUT2D eigenvalue weighted by molar-refractivity contribution is 5.92. The number of nitrogens with one attached hydrogen (secondary N) is 2. The summed E-state index contributed by atoms with van der Waals surface area (Å²) in [7, 11) is 0. The second-order valence-electron chi connectivity index (χ2n) is 12.6. The first-order valence-electron chi connectivity index (χ1n) is 13.9. The van der Waals surface area contributed by atoms with Crippen molar-refractivity contribution in [3.63, 3.8) is 0 Å². The molecule has 0 aromatic heterocycles. The van der Waals surface area contributed by atoms with Gasteiger partial charge in [0.1, 0.15) is 23.4 Å². The minimum atomic E-state index is -0.933. The Hall–Kier alpha value is -2.77. The van der Waals surface area contributed by atoms with Crippen LogP contribution in [0.15, 0.2) is 18.2 Å². The maximum Gasteiger partial charge on any atom is 0.408 e. The molecule has 0 aliphatic rings. The average molecular weight is 534 g/mol. The van der Waals surface area contributed by atoms with Crippen LogP contribution >= 0.6 is 0 Å². The molecule has 0 aliphatic heterocycles. The highest BCUT2D eigenvalue weighted by Crippen LogP contribution is 2.29. The van der Waals surface area contributed by atoms with Gasteiger partial charge in [-0.15, -0.1) is 0 Å². The molecule has 3 N–H and O–H groups in total. The largest absolute Gasteiger partial charge is 0.508 e. The Balaban J connectivity index is 3.57. The van der Waals surface area contributed by atoms with Crippen LogP contribution in [0.1, 0.15) is 112 Å². The van der Waals surface area contributed by atoms with Crippen molar-refractivity contribution in [2.75, 3.05) is 6.54 Å². The number of hydrogen-bond acceptors (Lipinski definition) is 5. The third-order valence-electron chi connectivity index (χ3n) is 5.83. The van der Waals surface area contributed by atoms with E-state index in [1.807, 2.05) is 34.6 Å². The van der Waals surface area contributed by atoms with Gasteiger partial charge in [-0.25, -0.2) is 4.79 Å². The van der Waals surface area contributed by atoms with Gasteiger partial charge in [-0.1, -0.05) is 46.1 Å². The van der Waals surface area contributed by atoms with Gasteiger partial charge in [0.05, 0.1) is 0 Å². The molecule has 0 saturated heterocycles. The van der Waals surface area contributed by atoms with E-state index in [4.69, 9.17) is 4.74 Å². The fraction of sp³-hybridized carbons (Fsp3) is 0.700. The highest BCUT2D eigenvalue weighted by Gasteiger charge is 2.37. The zero-order valence-corrected chi connectivity index (χ0v) is 25.2. The molecule has 8 heteroatoms. The lowest BCUT2D eigenvalue weighted by molar-refractivity contribution is -0.143. The Kier molecular flexibility index (Phi) is 12.6. The van der Waals surface area contributed by atoms with Gasteiger partial charge < -0.3 is 25.4 Å². The second-order valence-corrected chi connectivity index (χ2v) is 12.6. The molecule has 0 radical (unpaired) electrons. The lowest BCUT2D eigenvalue weighted by Crippen LogP contribution is -2.55. The van der Waals surface area contributed by atoms with Crippen molar-refractivity contribution in [2.24, 2.45) is 5.92 Å². The molecule has 0 spiro atoms. The Morgan fingerprint density at radius 1 is 1.03 bits per heavy atom. The molecule has 0 saturated carbocycles. The van der Waals surface area contributed by atoms with E-state index in [0.717, 1.165) is 25.7 Å². The molecule has 38 heavy (non-hydrogen) atoms. The van der Waals surface area contributed by atoms with Crippen molar-refractivity contribution in [3.05, 3.63) is 29.3 Å². The van der Waals surface area contributed by atoms with Crippen molar-refractivity contribution in [1.82, 2.24) is 15.5 Å². The number of benzene rings is 1. The monoisotopic (exact) mass is 533 g/mol. The number of phenolic OH excluding ortho intramolecular Hbond substituents is 1. The normalized spacial score (nSPS) is 13.6. The topological polar surface area (TPSA) is 108 Å². The molecule has 3 amide bonds. The standard InChI is InChI=1S/C30H51N3O5/c1-11-12-13-14-17-33(27(36)23(18-20(2)3)31-28(37)38-30(8,9)10)25(26(35)32-29(5,6)7)22-15-16-24(34)21(4)19-22/h15-16,19-20,23,25,34H,11-14,17-18H2,1-10H3,(H,31,37)(H,32,35). The van der Waals surface area contributed by atoms with E-state index in [9.17, 15) is 19.5 Å². The quantitative estimate of drug-likeness (QED) is 0.285. The molecule has 1 aromatic rings. The highest BCUT2D eigenvalue weighted by atomic mass is 16.6. The number of aromatic hydroxyl groups is 1. The van der Waals surface area contributed by atoms with Gasteiger partial charge in [0.2, 0.25) is 11.8 Å². The smallest absolute Gasteiger partial charge is 0.408 e. The molecule has 0 bridgehead atoms. The molecule has 216 valence electrons. The van der Waals surface area contributed by atoms with Crippen LogP contribution in [0.3, 0.4) is 0 Å². The third kappa shape index (κ3) is 11.7. The number of ether oxygens (including phenoxy) is 1. The SMILES string of the molecule is CCCCCCN(C(=O)C(CC(C)C)NC(=O)OC(C)(C)C)C(C(=O)NC(C)(C)C)c1ccc(O)c(C)c1. The molecule has 0 aliphatic carbocycles. The predicted molar refractivity (Wildman–Crippen MR) is 152 cm³/mol. The first kappa shape index (κ1) is 33.3. The molecule has 0 heterocycles. The summed E-state index contributed by atoms with van der Waals surface area (Å²) in [6, 6.07) is 3.18. The first-order chi connectivity index (χ1) is 17.4. The summed E-state index contributed by atoms with van der Waals surface area (Å²) < 4.78 is 5.45. The van der Waals surface area contributed by atoms with Crippen LogP contribution in [0.4, 0.5) is 4.79 Å². The van der Waals surface area contributed by atoms with Crippen molar-refractivity contribution >= 4 is 17.9 Å². The number of alkyl carbamates (subject to hydrolysis) is 1. The van der Waals surface area contributed by atoms with Crippen LogP contribution in [0.5, 0.6) is 5.75 Å². The Bertz CT molecular complexity index is 931. The maximum atomic E-state index is 14.2. The fourth-order valence-corrected chi connectivity index (χ4v) is 4.18. The molecule has 2 unspecified atom stereocenters. The van der Waals surface area contributed by atoms with Crippen LogP contribution in [0.2, 0.25) is 0 Å². The van der Waals surface area contributed by atoms with Gasteiger partial charge in [-0.3, -0.25) is 9.59 Å². The van der Waals surface area contributed by atoms with Crippen LogP contribution in [-0.4, -0.2) is 51.6 Å². The van der Waals surface area contributed by atoms with E-state index in [1.54, 1.807) is 50.8 Å². The van der Waals surface area contributed by atoms with E-state index in [-0.39, 0.29) is 23.5 Å². The van der Waals surface area contributed by atoms with E-state index < -0.39 is 29.3 Å². The zero-order valence-electron chi connectivity index (χ0n) is 25.2. The lowest BCUT2D eigenvalue weighted by Gasteiger charge is -2.36. The summed E-state index contributed by atoms with van der Waals surface area (Å²) in [6.07, 6.45) is 3.41. The Morgan fingerprint density at radius 2 is 1.66 bits per heavy atom. The van der Waals surface area contributed by atoms with Gasteiger partial charge in [-0.2, -0.15) is 0 Å². The lowest BCUT2D eigenvalue weighted by atomic mass is 9.96. The summed E-state index contributed by atoms with van der Waals surface area (Å²) in [5.41, 5.74) is -0.0234. The predicted octanol–water partition coefficient (Wildman–Crippen LogP) is 6.00. The summed E-state index contributed by atoms with van der Waals surface area (Å²) >= 11 is 0. The number of hydrogen-bond donors (Lipinski definition) is 3. The van der Waals surface area contributed by atoms with Crippen molar-refractivity contribution in [2.45, 2.75) is 125 Å². The van der Waals surface area contributed by atoms with E-state index >= 15 is 0 Å². The number of phenols is 1. The minimum absolute atomic E-state index is 0.110. The zero-order chi connectivity index (χ0) is 29.3. The summed E-state index contributed by atoms with van der Waals surface area (Å²) in [5, 5.41) is 15.9. The van der Waals surface area contributed by atoms with Crippen LogP contribution in [-0.2, 0) is 14.3 Å². The third-order valence-corrected chi connectivity index (χ3v) is 5.83. The van der Waals surface area contributed by atoms with Gasteiger partial charge >= 0.3 is 6.09 Å². The number of rotatable bonds is 12. The second kappa shape index (κ2) is 14.4. The van der Waals surface area contributed by atoms with Crippen molar-refractivity contribution < 1.29 is 24.2 Å². The van der Waals surface area contributed by atoms with E-state index in [0.29, 0.717) is 24.1 Å². The van der Waals surface area contributed by atoms with E-state index in [2.05, 4.69) is 17.6 Å². The van der Waals surface area contributed by atoms with Gasteiger partial charge in [0.25, 0.3) is 0 Å². The number of carbonyl (C=O) groups excluding carboxylic acids is 3. The number of amides is 3. The number of unbranched alkanes of at least 4 members (excludes halogenated alkanes) is 3. The summed E-state index contributed by atoms with van der Waals surface area (Å²) in [4.78, 5) is 42.3. The molecule has 8 nitrogen and oxygen atoms in total. The molecular weight excluding hydrogens is 482 g/mol. The van der Waals surface area contributed by atoms with Crippen LogP contribution < -0.4 is 10.6 Å². The number of carbonyl (C=O) groups is 3. The van der Waals surface area contributed by atoms with E-state index in [1.165, 1.54) is 0 Å². The number of aryl methyl sites for hydroxylation is 1. The Morgan fingerprint density at radius 3 is 2.16 bits per heavy atom. The molecule has 0 fully saturated rings. The van der Waals surface area contributed by atoms with Crippen LogP contribution in [0, 0.1) is 12.8 Å². The first-order valence-corrected chi connectivity index (χ1v) is 13.9. The molecular formula is C30H51N3O5. The fourth-order valence-electron chi connectivity index (χ4n) is 4.18. The molecule has 2 atom stereocenters. The number of nitrogens with zero attached hydrogens (tertiary/aromatic N) is 1. The average Bonchev–Trinajstić information content (AvgIpc) is 2.74. The van der Waals surface area contributed by atoms with Crippen molar-refractivity contribution in [3.8, 4) is 5.75 Å². The summed E-state index contributed by atoms with van der Waals surface area (Å²) in [5.74, 6) is -0.416. The van der Waals surface area contributed by atoms with Crippen molar-refractivity contribution in [1.29, 1.82) is 0 Å². The molecule has 1 rings (SSSR count). The van der Waals surface area contributed by atoms with Crippen LogP contribution in [0.25, 0.3) is 0 Å². The molecule has 1 aromatic carbocycles. The van der Waals surface area contributed by atoms with Gasteiger partial charge in [-0.05, 0) is 90.5 Å². The summed E-state index contributed by atoms with van der Waals surface area (Å²) in [6.45, 7) is 19.2.